The first-order valence-corrected chi connectivity index (χ1v) is 16.1. The highest BCUT2D eigenvalue weighted by Gasteiger charge is 2.35. The zero-order valence-corrected chi connectivity index (χ0v) is 28.0. The minimum atomic E-state index is -4.56. The third-order valence-electron chi connectivity index (χ3n) is 8.58. The van der Waals surface area contributed by atoms with Gasteiger partial charge in [-0.1, -0.05) is 38.1 Å². The number of hydrogen-bond acceptors (Lipinski definition) is 10. The van der Waals surface area contributed by atoms with Crippen LogP contribution < -0.4 is 15.2 Å². The molecule has 0 unspecified atom stereocenters. The Morgan fingerprint density at radius 3 is 2.35 bits per heavy atom. The summed E-state index contributed by atoms with van der Waals surface area (Å²) >= 11 is 0. The second-order valence-corrected chi connectivity index (χ2v) is 12.7. The maximum atomic E-state index is 13.6. The summed E-state index contributed by atoms with van der Waals surface area (Å²) in [6, 6.07) is 8.38. The topological polar surface area (TPSA) is 140 Å². The van der Waals surface area contributed by atoms with Crippen molar-refractivity contribution in [2.24, 2.45) is 0 Å². The number of methoxy groups -OCH3 is 1. The number of hydrogen-bond donors (Lipinski definition) is 1. The lowest BCUT2D eigenvalue weighted by Gasteiger charge is -2.29. The zero-order valence-electron chi connectivity index (χ0n) is 28.0. The van der Waals surface area contributed by atoms with Crippen LogP contribution in [0.15, 0.2) is 54.0 Å². The Kier molecular flexibility index (Phi) is 9.18. The Labute approximate surface area is 280 Å². The summed E-state index contributed by atoms with van der Waals surface area (Å²) in [6.07, 6.45) is 1.37. The van der Waals surface area contributed by atoms with E-state index in [-0.39, 0.29) is 41.8 Å². The fraction of sp³-hybridized carbons (Fsp3) is 0.412. The van der Waals surface area contributed by atoms with Gasteiger partial charge in [0.1, 0.15) is 24.0 Å². The third kappa shape index (κ3) is 7.01. The van der Waals surface area contributed by atoms with E-state index >= 15 is 0 Å². The van der Waals surface area contributed by atoms with Gasteiger partial charge >= 0.3 is 6.18 Å². The molecule has 1 fully saturated rings. The summed E-state index contributed by atoms with van der Waals surface area (Å²) in [7, 11) is 1.54. The number of rotatable bonds is 11. The quantitative estimate of drug-likeness (QED) is 0.162. The second-order valence-electron chi connectivity index (χ2n) is 12.7. The predicted molar refractivity (Wildman–Crippen MR) is 176 cm³/mol. The zero-order chi connectivity index (χ0) is 35.0. The molecule has 5 aromatic rings. The minimum absolute atomic E-state index is 0.0321. The molecule has 1 aromatic carbocycles. The van der Waals surface area contributed by atoms with E-state index < -0.39 is 11.9 Å². The van der Waals surface area contributed by atoms with Crippen LogP contribution >= 0.6 is 0 Å². The number of aromatic nitrogens is 9. The summed E-state index contributed by atoms with van der Waals surface area (Å²) in [6.45, 7) is 9.67. The van der Waals surface area contributed by atoms with E-state index in [9.17, 15) is 18.0 Å². The van der Waals surface area contributed by atoms with E-state index in [4.69, 9.17) is 9.72 Å². The Hall–Kier alpha value is -5.21. The lowest BCUT2D eigenvalue weighted by atomic mass is 10.0. The summed E-state index contributed by atoms with van der Waals surface area (Å²) in [4.78, 5) is 41.1. The maximum Gasteiger partial charge on any atom is 0.434 e. The Bertz CT molecular complexity index is 2000. The average Bonchev–Trinajstić information content (AvgIpc) is 3.83. The van der Waals surface area contributed by atoms with Gasteiger partial charge in [0.25, 0.3) is 5.56 Å². The summed E-state index contributed by atoms with van der Waals surface area (Å²) in [5.41, 5.74) is 2.79. The van der Waals surface area contributed by atoms with Gasteiger partial charge in [-0.15, -0.1) is 0 Å². The first kappa shape index (κ1) is 33.7. The molecule has 256 valence electrons. The Balaban J connectivity index is 1.41. The summed E-state index contributed by atoms with van der Waals surface area (Å²) in [5.74, 6) is 1.51. The smallest absolute Gasteiger partial charge is 0.434 e. The van der Waals surface area contributed by atoms with Crippen molar-refractivity contribution in [3.05, 3.63) is 87.7 Å². The SMILES string of the molecule is COc1ncnc(C2CC2)c1-c1ncnc(N(Cc2cc(C(C)C)c(=O)[nH]n2)[C@H](C)c2ccc(-c3nc(C(F)(F)F)cn3C(C)C)cc2)n1. The van der Waals surface area contributed by atoms with E-state index in [2.05, 4.69) is 35.1 Å². The number of benzene rings is 1. The molecule has 15 heteroatoms. The summed E-state index contributed by atoms with van der Waals surface area (Å²) in [5, 5.41) is 6.93. The molecule has 0 saturated heterocycles. The predicted octanol–water partition coefficient (Wildman–Crippen LogP) is 6.65. The Morgan fingerprint density at radius 2 is 1.71 bits per heavy atom. The average molecular weight is 675 g/mol. The highest BCUT2D eigenvalue weighted by atomic mass is 19.4. The molecule has 1 aliphatic rings. The molecule has 49 heavy (non-hydrogen) atoms. The van der Waals surface area contributed by atoms with Gasteiger partial charge in [0.2, 0.25) is 11.8 Å². The van der Waals surface area contributed by atoms with Crippen molar-refractivity contribution in [1.29, 1.82) is 0 Å². The number of anilines is 1. The maximum absolute atomic E-state index is 13.6. The summed E-state index contributed by atoms with van der Waals surface area (Å²) < 4.78 is 47.8. The highest BCUT2D eigenvalue weighted by molar-refractivity contribution is 5.66. The van der Waals surface area contributed by atoms with Gasteiger partial charge in [0.05, 0.1) is 31.1 Å². The molecule has 4 heterocycles. The van der Waals surface area contributed by atoms with Crippen molar-refractivity contribution < 1.29 is 17.9 Å². The highest BCUT2D eigenvalue weighted by Crippen LogP contribution is 2.45. The lowest BCUT2D eigenvalue weighted by Crippen LogP contribution is -2.30. The van der Waals surface area contributed by atoms with Crippen molar-refractivity contribution in [3.8, 4) is 28.7 Å². The molecule has 0 radical (unpaired) electrons. The van der Waals surface area contributed by atoms with Crippen LogP contribution in [0.1, 0.15) is 99.6 Å². The Morgan fingerprint density at radius 1 is 1.00 bits per heavy atom. The van der Waals surface area contributed by atoms with Crippen LogP contribution in [0.4, 0.5) is 19.1 Å². The van der Waals surface area contributed by atoms with Crippen molar-refractivity contribution >= 4 is 5.95 Å². The number of halogens is 3. The molecule has 1 saturated carbocycles. The van der Waals surface area contributed by atoms with Crippen LogP contribution in [-0.4, -0.2) is 51.8 Å². The monoisotopic (exact) mass is 674 g/mol. The van der Waals surface area contributed by atoms with Crippen LogP contribution in [-0.2, 0) is 12.7 Å². The largest absolute Gasteiger partial charge is 0.480 e. The molecule has 0 bridgehead atoms. The number of aromatic amines is 1. The molecule has 1 atom stereocenters. The van der Waals surface area contributed by atoms with Gasteiger partial charge < -0.3 is 14.2 Å². The van der Waals surface area contributed by atoms with Crippen LogP contribution in [0.2, 0.25) is 0 Å². The van der Waals surface area contributed by atoms with Crippen molar-refractivity contribution in [2.75, 3.05) is 12.0 Å². The van der Waals surface area contributed by atoms with Crippen molar-refractivity contribution in [2.45, 2.75) is 84.1 Å². The minimum Gasteiger partial charge on any atom is -0.480 e. The molecular weight excluding hydrogens is 637 g/mol. The number of alkyl halides is 3. The molecule has 1 N–H and O–H groups in total. The van der Waals surface area contributed by atoms with Crippen LogP contribution in [0.5, 0.6) is 5.88 Å². The van der Waals surface area contributed by atoms with Crippen LogP contribution in [0, 0.1) is 0 Å². The molecule has 0 amide bonds. The molecular formula is C34H37F3N10O2. The van der Waals surface area contributed by atoms with Gasteiger partial charge in [0, 0.05) is 29.3 Å². The van der Waals surface area contributed by atoms with Crippen molar-refractivity contribution in [1.82, 2.24) is 44.7 Å². The molecule has 1 aliphatic carbocycles. The van der Waals surface area contributed by atoms with Gasteiger partial charge in [-0.05, 0) is 51.2 Å². The van der Waals surface area contributed by atoms with Gasteiger partial charge in [-0.25, -0.2) is 30.0 Å². The number of nitrogens with one attached hydrogen (secondary N) is 1. The molecule has 0 aliphatic heterocycles. The first-order valence-electron chi connectivity index (χ1n) is 16.1. The number of nitrogens with zero attached hydrogens (tertiary/aromatic N) is 9. The molecule has 0 spiro atoms. The van der Waals surface area contributed by atoms with Gasteiger partial charge in [-0.2, -0.15) is 23.3 Å². The number of H-pyrrole nitrogens is 1. The second kappa shape index (κ2) is 13.4. The van der Waals surface area contributed by atoms with Gasteiger partial charge in [0.15, 0.2) is 11.5 Å². The normalized spacial score (nSPS) is 14.0. The standard InChI is InChI=1S/C34H37F3N10O2/c1-18(2)25-13-24(44-45-31(25)48)14-47(33-41-17-39-29(43-33)27-28(22-9-10-22)38-16-40-32(27)49-6)20(5)21-7-11-23(12-8-21)30-42-26(34(35,36)37)15-46(30)19(3)4/h7-8,11-13,15-20,22H,9-10,14H2,1-6H3,(H,45,48)/t20-/m1/s1. The number of imidazole rings is 1. The van der Waals surface area contributed by atoms with Crippen LogP contribution in [0.25, 0.3) is 22.8 Å². The van der Waals surface area contributed by atoms with E-state index in [1.54, 1.807) is 18.2 Å². The van der Waals surface area contributed by atoms with E-state index in [0.717, 1.165) is 30.3 Å². The molecule has 4 aromatic heterocycles. The fourth-order valence-corrected chi connectivity index (χ4v) is 5.72. The number of ether oxygens (including phenoxy) is 1. The lowest BCUT2D eigenvalue weighted by molar-refractivity contribution is -0.140. The van der Waals surface area contributed by atoms with Gasteiger partial charge in [-0.3, -0.25) is 4.79 Å². The molecule has 12 nitrogen and oxygen atoms in total. The molecule has 6 rings (SSSR count). The van der Waals surface area contributed by atoms with E-state index in [0.29, 0.717) is 40.0 Å². The third-order valence-corrected chi connectivity index (χ3v) is 8.58. The van der Waals surface area contributed by atoms with E-state index in [1.165, 1.54) is 24.3 Å². The van der Waals surface area contributed by atoms with Crippen LogP contribution in [0.3, 0.4) is 0 Å². The van der Waals surface area contributed by atoms with Crippen molar-refractivity contribution in [3.63, 3.8) is 0 Å². The fourth-order valence-electron chi connectivity index (χ4n) is 5.72. The first-order chi connectivity index (χ1) is 23.3. The van der Waals surface area contributed by atoms with E-state index in [1.807, 2.05) is 51.7 Å².